The van der Waals surface area contributed by atoms with Gasteiger partial charge in [-0.2, -0.15) is 15.3 Å². The lowest BCUT2D eigenvalue weighted by Crippen LogP contribution is -2.41. The van der Waals surface area contributed by atoms with Crippen molar-refractivity contribution in [2.75, 3.05) is 54.2 Å². The maximum atomic E-state index is 13.5. The van der Waals surface area contributed by atoms with Gasteiger partial charge in [-0.25, -0.2) is 68.4 Å². The van der Waals surface area contributed by atoms with Crippen LogP contribution in [0.1, 0.15) is 210 Å². The highest BCUT2D eigenvalue weighted by atomic mass is 32.2. The van der Waals surface area contributed by atoms with Crippen molar-refractivity contribution >= 4 is 65.2 Å². The molecule has 117 heavy (non-hydrogen) atoms. The molecular formula is C81H111N21O12S3. The molecule has 15 rings (SSSR count). The number of nitrogens with zero attached hydrogens (tertiary/aromatic N) is 18. The second-order valence-corrected chi connectivity index (χ2v) is 42.1. The Morgan fingerprint density at radius 1 is 0.402 bits per heavy atom. The standard InChI is InChI=1S/3C27H37N7O4S/c3*1-18-21-15-28-33(18)12-7-8-19-14-27(5,6)32(16-19)24-20(25(35)31-39(21,36)37)9-10-22(29-24)34-13-11-23(30-34)38-17-26(2,3)4/h3*9-11,13,15,19H,7-8,12,14,16-17H2,1-6H3,(H,31,35). The molecule has 33 nitrogen and oxygen atoms in total. The summed E-state index contributed by atoms with van der Waals surface area (Å²) in [6, 6.07) is 15.2. The van der Waals surface area contributed by atoms with Gasteiger partial charge in [-0.15, -0.1) is 15.3 Å². The average molecular weight is 1670 g/mol. The largest absolute Gasteiger partial charge is 0.476 e. The number of amides is 3. The number of carbonyl (C=O) groups excluding carboxylic acids is 3. The molecule has 3 amide bonds. The quantitative estimate of drug-likeness (QED) is 0.121. The van der Waals surface area contributed by atoms with Crippen molar-refractivity contribution in [1.82, 2.24) is 87.8 Å². The molecule has 630 valence electrons. The number of carbonyl (C=O) groups is 3. The molecule has 3 saturated heterocycles. The highest BCUT2D eigenvalue weighted by Crippen LogP contribution is 2.44. The molecule has 12 bridgehead atoms. The Kier molecular flexibility index (Phi) is 23.1. The number of hydrogen-bond acceptors (Lipinski definition) is 24. The van der Waals surface area contributed by atoms with Gasteiger partial charge < -0.3 is 28.9 Å². The lowest BCUT2D eigenvalue weighted by Gasteiger charge is -2.34. The van der Waals surface area contributed by atoms with Crippen molar-refractivity contribution in [3.8, 4) is 35.1 Å². The minimum Gasteiger partial charge on any atom is -0.476 e. The third-order valence-corrected chi connectivity index (χ3v) is 26.3. The van der Waals surface area contributed by atoms with Crippen LogP contribution in [0.25, 0.3) is 17.5 Å². The van der Waals surface area contributed by atoms with Gasteiger partial charge in [0.05, 0.1) is 72.2 Å². The van der Waals surface area contributed by atoms with Crippen LogP contribution in [-0.2, 0) is 49.7 Å². The number of ether oxygens (including phenoxy) is 3. The SMILES string of the molecule is Cc1c2cnn1CCCC1CN(c3nc(-n4ccc(OCC(C)(C)C)n4)ccc3C(=O)NS2(=O)=O)C(C)(C)C1.Cc1c2cnn1CCCC1CN(c3nc(-n4ccc(OCC(C)(C)C)n4)ccc3C(=O)NS2(=O)=O)C(C)(C)C1.Cc1c2cnn1CCCC1CN(c3nc(-n4ccc(OCC(C)(C)C)n4)ccc3C(=O)NS2(=O)=O)C(C)(C)C1. The number of fused-ring (bicyclic) bond motifs is 18. The third kappa shape index (κ3) is 19.0. The van der Waals surface area contributed by atoms with Crippen LogP contribution in [0.15, 0.2) is 106 Å². The van der Waals surface area contributed by atoms with Crippen LogP contribution >= 0.6 is 0 Å². The molecule has 3 atom stereocenters. The summed E-state index contributed by atoms with van der Waals surface area (Å²) in [7, 11) is -12.4. The highest BCUT2D eigenvalue weighted by molar-refractivity contribution is 7.90. The molecule has 36 heteroatoms. The van der Waals surface area contributed by atoms with E-state index in [1.165, 1.54) is 18.6 Å². The number of rotatable bonds is 9. The van der Waals surface area contributed by atoms with Crippen LogP contribution in [-0.4, -0.2) is 173 Å². The van der Waals surface area contributed by atoms with Crippen molar-refractivity contribution in [2.45, 2.75) is 233 Å². The fourth-order valence-corrected chi connectivity index (χ4v) is 19.6. The third-order valence-electron chi connectivity index (χ3n) is 22.0. The maximum Gasteiger partial charge on any atom is 0.268 e. The molecular weight excluding hydrogens is 1560 g/mol. The Morgan fingerprint density at radius 3 is 0.906 bits per heavy atom. The number of sulfonamides is 3. The van der Waals surface area contributed by atoms with Gasteiger partial charge >= 0.3 is 0 Å². The van der Waals surface area contributed by atoms with Crippen molar-refractivity contribution in [3.63, 3.8) is 0 Å². The van der Waals surface area contributed by atoms with E-state index in [2.05, 4.69) is 163 Å². The fourth-order valence-electron chi connectivity index (χ4n) is 16.2. The molecule has 6 aliphatic rings. The van der Waals surface area contributed by atoms with Crippen LogP contribution in [0.4, 0.5) is 17.5 Å². The number of anilines is 3. The van der Waals surface area contributed by atoms with Crippen molar-refractivity contribution in [2.24, 2.45) is 34.0 Å². The minimum atomic E-state index is -4.13. The van der Waals surface area contributed by atoms with Crippen molar-refractivity contribution < 1.29 is 53.8 Å². The molecule has 0 aromatic carbocycles. The van der Waals surface area contributed by atoms with E-state index < -0.39 is 47.8 Å². The highest BCUT2D eigenvalue weighted by Gasteiger charge is 2.45. The summed E-state index contributed by atoms with van der Waals surface area (Å²) in [6.45, 7) is 42.2. The first-order chi connectivity index (χ1) is 54.7. The topological polar surface area (TPSA) is 373 Å². The van der Waals surface area contributed by atoms with Gasteiger partial charge in [-0.05, 0) is 190 Å². The first-order valence-corrected chi connectivity index (χ1v) is 44.4. The van der Waals surface area contributed by atoms with E-state index in [0.29, 0.717) is 146 Å². The molecule has 0 spiro atoms. The van der Waals surface area contributed by atoms with E-state index in [-0.39, 0.29) is 64.2 Å². The minimum absolute atomic E-state index is 0.00183. The Hall–Kier alpha value is -10.2. The zero-order valence-electron chi connectivity index (χ0n) is 70.3. The lowest BCUT2D eigenvalue weighted by atomic mass is 9.93. The summed E-state index contributed by atoms with van der Waals surface area (Å²) in [5.74, 6) is 3.24. The van der Waals surface area contributed by atoms with Crippen LogP contribution in [0, 0.1) is 54.8 Å². The summed E-state index contributed by atoms with van der Waals surface area (Å²) in [5.41, 5.74) is 1.20. The molecule has 0 aliphatic carbocycles. The number of hydrogen-bond donors (Lipinski definition) is 3. The van der Waals surface area contributed by atoms with Gasteiger partial charge in [-0.3, -0.25) is 28.4 Å². The summed E-state index contributed by atoms with van der Waals surface area (Å²) in [4.78, 5) is 61.6. The molecule has 3 fully saturated rings. The van der Waals surface area contributed by atoms with Gasteiger partial charge in [0.1, 0.15) is 32.1 Å². The zero-order chi connectivity index (χ0) is 84.5. The average Bonchev–Trinajstić information content (AvgIpc) is 1.63. The van der Waals surface area contributed by atoms with Crippen LogP contribution < -0.4 is 43.1 Å². The fraction of sp³-hybridized carbons (Fsp3) is 0.556. The Labute approximate surface area is 685 Å². The lowest BCUT2D eigenvalue weighted by molar-refractivity contribution is 0.0972. The second-order valence-electron chi connectivity index (χ2n) is 37.1. The Bertz CT molecular complexity index is 5040. The molecule has 3 N–H and O–H groups in total. The monoisotopic (exact) mass is 1670 g/mol. The van der Waals surface area contributed by atoms with Gasteiger partial charge in [0, 0.05) is 92.7 Å². The molecule has 3 unspecified atom stereocenters. The molecule has 15 heterocycles. The molecule has 9 aromatic rings. The summed E-state index contributed by atoms with van der Waals surface area (Å²) >= 11 is 0. The summed E-state index contributed by atoms with van der Waals surface area (Å²) in [6.07, 6.45) is 17.5. The van der Waals surface area contributed by atoms with Gasteiger partial charge in [0.2, 0.25) is 17.6 Å². The van der Waals surface area contributed by atoms with Crippen LogP contribution in [0.5, 0.6) is 17.6 Å². The molecule has 0 saturated carbocycles. The van der Waals surface area contributed by atoms with E-state index in [9.17, 15) is 39.6 Å². The van der Waals surface area contributed by atoms with Gasteiger partial charge in [0.15, 0.2) is 17.5 Å². The predicted molar refractivity (Wildman–Crippen MR) is 440 cm³/mol. The predicted octanol–water partition coefficient (Wildman–Crippen LogP) is 11.1. The Balaban J connectivity index is 0.000000152. The first-order valence-electron chi connectivity index (χ1n) is 39.9. The molecule has 9 aromatic heterocycles. The van der Waals surface area contributed by atoms with E-state index in [4.69, 9.17) is 29.2 Å². The Morgan fingerprint density at radius 2 is 0.658 bits per heavy atom. The van der Waals surface area contributed by atoms with Crippen LogP contribution in [0.3, 0.4) is 0 Å². The van der Waals surface area contributed by atoms with E-state index in [0.717, 1.165) is 57.8 Å². The maximum absolute atomic E-state index is 13.5. The van der Waals surface area contributed by atoms with Crippen molar-refractivity contribution in [3.05, 3.63) is 126 Å². The zero-order valence-corrected chi connectivity index (χ0v) is 72.7. The number of nitrogens with one attached hydrogen (secondary N) is 3. The van der Waals surface area contributed by atoms with Gasteiger partial charge in [0.25, 0.3) is 47.8 Å². The molecule has 0 radical (unpaired) electrons. The van der Waals surface area contributed by atoms with Crippen molar-refractivity contribution in [1.29, 1.82) is 0 Å². The van der Waals surface area contributed by atoms with E-state index in [1.807, 2.05) is 0 Å². The second kappa shape index (κ2) is 31.9. The van der Waals surface area contributed by atoms with Crippen LogP contribution in [0.2, 0.25) is 0 Å². The van der Waals surface area contributed by atoms with E-state index >= 15 is 0 Å². The van der Waals surface area contributed by atoms with Gasteiger partial charge in [-0.1, -0.05) is 62.3 Å². The smallest absolute Gasteiger partial charge is 0.268 e. The summed E-state index contributed by atoms with van der Waals surface area (Å²) < 4.78 is 113. The number of aromatic nitrogens is 15. The number of aryl methyl sites for hydroxylation is 3. The number of pyridine rings is 3. The van der Waals surface area contributed by atoms with E-state index in [1.54, 1.807) is 122 Å². The normalized spacial score (nSPS) is 20.7. The molecule has 6 aliphatic heterocycles. The summed E-state index contributed by atoms with van der Waals surface area (Å²) in [5, 5.41) is 26.4. The first kappa shape index (κ1) is 84.7.